The summed E-state index contributed by atoms with van der Waals surface area (Å²) in [5, 5.41) is 6.03. The third-order valence-electron chi connectivity index (χ3n) is 5.66. The monoisotopic (exact) mass is 446 g/mol. The van der Waals surface area contributed by atoms with Crippen molar-refractivity contribution >= 4 is 34.9 Å². The first kappa shape index (κ1) is 21.3. The second-order valence-electron chi connectivity index (χ2n) is 7.97. The number of piperazine rings is 1. The molecule has 2 N–H and O–H groups in total. The summed E-state index contributed by atoms with van der Waals surface area (Å²) in [6, 6.07) is 11.8. The minimum Gasteiger partial charge on any atom is -0.335 e. The minimum absolute atomic E-state index is 0.232. The fraction of sp³-hybridized carbons (Fsp3) is 0.455. The van der Waals surface area contributed by atoms with Crippen LogP contribution >= 0.6 is 22.9 Å². The van der Waals surface area contributed by atoms with E-state index in [9.17, 15) is 9.59 Å². The summed E-state index contributed by atoms with van der Waals surface area (Å²) in [7, 11) is 0. The molecule has 2 heterocycles. The molecule has 2 aliphatic rings. The van der Waals surface area contributed by atoms with Gasteiger partial charge in [0.1, 0.15) is 0 Å². The number of thiophene rings is 1. The van der Waals surface area contributed by atoms with Crippen LogP contribution in [-0.2, 0) is 11.3 Å². The van der Waals surface area contributed by atoms with Gasteiger partial charge in [0.05, 0.1) is 6.04 Å². The van der Waals surface area contributed by atoms with E-state index in [0.29, 0.717) is 0 Å². The Hall–Kier alpha value is -1.93. The van der Waals surface area contributed by atoms with Gasteiger partial charge in [-0.25, -0.2) is 4.79 Å². The lowest BCUT2D eigenvalue weighted by molar-refractivity contribution is -0.125. The number of nitrogens with zero attached hydrogens (tertiary/aromatic N) is 2. The van der Waals surface area contributed by atoms with Crippen molar-refractivity contribution in [2.24, 2.45) is 0 Å². The van der Waals surface area contributed by atoms with Crippen LogP contribution in [0, 0.1) is 0 Å². The molecule has 1 atom stereocenters. The van der Waals surface area contributed by atoms with Crippen molar-refractivity contribution < 1.29 is 9.59 Å². The highest BCUT2D eigenvalue weighted by Gasteiger charge is 2.28. The zero-order valence-corrected chi connectivity index (χ0v) is 18.6. The average molecular weight is 447 g/mol. The fourth-order valence-electron chi connectivity index (χ4n) is 3.63. The van der Waals surface area contributed by atoms with Crippen LogP contribution in [0.2, 0.25) is 5.02 Å². The van der Waals surface area contributed by atoms with Crippen molar-refractivity contribution in [2.75, 3.05) is 26.2 Å². The largest absolute Gasteiger partial charge is 0.335 e. The number of urea groups is 1. The summed E-state index contributed by atoms with van der Waals surface area (Å²) in [5.41, 5.74) is 1.07. The van der Waals surface area contributed by atoms with Crippen molar-refractivity contribution in [2.45, 2.75) is 38.4 Å². The second-order valence-corrected chi connectivity index (χ2v) is 9.55. The van der Waals surface area contributed by atoms with Gasteiger partial charge in [0.15, 0.2) is 0 Å². The molecule has 2 fully saturated rings. The number of rotatable bonds is 6. The molecule has 4 rings (SSSR count). The highest BCUT2D eigenvalue weighted by molar-refractivity contribution is 7.15. The van der Waals surface area contributed by atoms with Gasteiger partial charge in [0, 0.05) is 59.1 Å². The third-order valence-corrected chi connectivity index (χ3v) is 7.10. The molecule has 1 aromatic carbocycles. The molecule has 0 spiro atoms. The van der Waals surface area contributed by atoms with E-state index >= 15 is 0 Å². The van der Waals surface area contributed by atoms with E-state index < -0.39 is 0 Å². The highest BCUT2D eigenvalue weighted by Crippen LogP contribution is 2.33. The Bertz CT molecular complexity index is 906. The molecule has 6 nitrogen and oxygen atoms in total. The molecular weight excluding hydrogens is 420 g/mol. The average Bonchev–Trinajstić information content (AvgIpc) is 3.43. The first-order chi connectivity index (χ1) is 14.5. The van der Waals surface area contributed by atoms with Gasteiger partial charge in [-0.1, -0.05) is 29.8 Å². The zero-order chi connectivity index (χ0) is 21.1. The summed E-state index contributed by atoms with van der Waals surface area (Å²) >= 11 is 8.10. The Morgan fingerprint density at radius 1 is 1.13 bits per heavy atom. The predicted octanol–water partition coefficient (Wildman–Crippen LogP) is 3.56. The summed E-state index contributed by atoms with van der Waals surface area (Å²) < 4.78 is 0. The van der Waals surface area contributed by atoms with Gasteiger partial charge < -0.3 is 5.32 Å². The van der Waals surface area contributed by atoms with Crippen LogP contribution in [0.4, 0.5) is 4.79 Å². The topological polar surface area (TPSA) is 64.7 Å². The summed E-state index contributed by atoms with van der Waals surface area (Å²) in [6.07, 6.45) is 2.01. The van der Waals surface area contributed by atoms with Crippen LogP contribution < -0.4 is 10.6 Å². The van der Waals surface area contributed by atoms with Gasteiger partial charge in [0.25, 0.3) is 0 Å². The maximum Gasteiger partial charge on any atom is 0.321 e. The zero-order valence-electron chi connectivity index (χ0n) is 17.1. The standard InChI is InChI=1S/C22H27ClN4O2S/c1-15(21(28)25-22(29)24-16-6-7-16)27-12-10-26(11-13-27)14-17-8-9-20(30-17)18-4-2-3-5-19(18)23/h2-5,8-9,15-16H,6-7,10-14H2,1H3,(H2,24,25,28,29). The number of benzene rings is 1. The molecule has 1 saturated heterocycles. The molecule has 160 valence electrons. The number of carbonyl (C=O) groups is 2. The molecule has 1 saturated carbocycles. The van der Waals surface area contributed by atoms with Gasteiger partial charge >= 0.3 is 6.03 Å². The fourth-order valence-corrected chi connectivity index (χ4v) is 5.01. The minimum atomic E-state index is -0.375. The highest BCUT2D eigenvalue weighted by atomic mass is 35.5. The Morgan fingerprint density at radius 2 is 1.87 bits per heavy atom. The van der Waals surface area contributed by atoms with Gasteiger partial charge in [0.2, 0.25) is 5.91 Å². The molecule has 0 bridgehead atoms. The van der Waals surface area contributed by atoms with E-state index in [1.54, 1.807) is 11.3 Å². The van der Waals surface area contributed by atoms with Crippen LogP contribution in [0.5, 0.6) is 0 Å². The molecule has 2 aromatic rings. The second kappa shape index (κ2) is 9.47. The Labute approximate surface area is 186 Å². The van der Waals surface area contributed by atoms with E-state index in [0.717, 1.165) is 56.2 Å². The summed E-state index contributed by atoms with van der Waals surface area (Å²) in [6.45, 7) is 6.16. The molecule has 1 aromatic heterocycles. The Morgan fingerprint density at radius 3 is 2.57 bits per heavy atom. The van der Waals surface area contributed by atoms with Crippen LogP contribution in [0.15, 0.2) is 36.4 Å². The lowest BCUT2D eigenvalue weighted by Crippen LogP contribution is -2.55. The molecule has 1 aliphatic heterocycles. The lowest BCUT2D eigenvalue weighted by Gasteiger charge is -2.37. The van der Waals surface area contributed by atoms with Crippen molar-refractivity contribution in [1.82, 2.24) is 20.4 Å². The van der Waals surface area contributed by atoms with Crippen molar-refractivity contribution in [3.63, 3.8) is 0 Å². The Balaban J connectivity index is 1.25. The summed E-state index contributed by atoms with van der Waals surface area (Å²) in [5.74, 6) is -0.232. The van der Waals surface area contributed by atoms with Crippen LogP contribution in [0.1, 0.15) is 24.6 Å². The van der Waals surface area contributed by atoms with Crippen molar-refractivity contribution in [3.05, 3.63) is 46.3 Å². The van der Waals surface area contributed by atoms with Crippen LogP contribution in [-0.4, -0.2) is 60.0 Å². The molecule has 30 heavy (non-hydrogen) atoms. The van der Waals surface area contributed by atoms with E-state index in [4.69, 9.17) is 11.6 Å². The number of carbonyl (C=O) groups excluding carboxylic acids is 2. The van der Waals surface area contributed by atoms with E-state index in [-0.39, 0.29) is 24.0 Å². The van der Waals surface area contributed by atoms with Gasteiger partial charge in [-0.2, -0.15) is 0 Å². The normalized spacial score (nSPS) is 18.7. The van der Waals surface area contributed by atoms with Gasteiger partial charge in [-0.05, 0) is 38.0 Å². The van der Waals surface area contributed by atoms with Crippen LogP contribution in [0.25, 0.3) is 10.4 Å². The molecule has 8 heteroatoms. The number of imide groups is 1. The molecule has 1 aliphatic carbocycles. The van der Waals surface area contributed by atoms with Crippen molar-refractivity contribution in [3.8, 4) is 10.4 Å². The smallest absolute Gasteiger partial charge is 0.321 e. The van der Waals surface area contributed by atoms with E-state index in [2.05, 4.69) is 32.6 Å². The summed E-state index contributed by atoms with van der Waals surface area (Å²) in [4.78, 5) is 31.2. The van der Waals surface area contributed by atoms with Gasteiger partial charge in [-0.15, -0.1) is 11.3 Å². The Kier molecular flexibility index (Phi) is 6.73. The molecular formula is C22H27ClN4O2S. The number of hydrogen-bond donors (Lipinski definition) is 2. The first-order valence-corrected chi connectivity index (χ1v) is 11.6. The first-order valence-electron chi connectivity index (χ1n) is 10.4. The SMILES string of the molecule is CC(C(=O)NC(=O)NC1CC1)N1CCN(Cc2ccc(-c3ccccc3Cl)s2)CC1. The lowest BCUT2D eigenvalue weighted by atomic mass is 10.2. The quantitative estimate of drug-likeness (QED) is 0.712. The number of nitrogens with one attached hydrogen (secondary N) is 2. The number of halogens is 1. The van der Waals surface area contributed by atoms with Crippen LogP contribution in [0.3, 0.4) is 0 Å². The number of amides is 3. The molecule has 3 amide bonds. The van der Waals surface area contributed by atoms with E-state index in [1.165, 1.54) is 9.75 Å². The molecule has 0 radical (unpaired) electrons. The molecule has 1 unspecified atom stereocenters. The maximum atomic E-state index is 12.4. The van der Waals surface area contributed by atoms with Gasteiger partial charge in [-0.3, -0.25) is 19.9 Å². The van der Waals surface area contributed by atoms with E-state index in [1.807, 2.05) is 31.2 Å². The number of hydrogen-bond acceptors (Lipinski definition) is 5. The maximum absolute atomic E-state index is 12.4. The van der Waals surface area contributed by atoms with Crippen molar-refractivity contribution in [1.29, 1.82) is 0 Å². The predicted molar refractivity (Wildman–Crippen MR) is 121 cm³/mol. The third kappa shape index (κ3) is 5.40.